The summed E-state index contributed by atoms with van der Waals surface area (Å²) in [6, 6.07) is 14.0. The van der Waals surface area contributed by atoms with Gasteiger partial charge in [-0.2, -0.15) is 0 Å². The van der Waals surface area contributed by atoms with Crippen molar-refractivity contribution in [2.75, 3.05) is 11.9 Å². The molecule has 2 aromatic rings. The van der Waals surface area contributed by atoms with Crippen LogP contribution in [-0.4, -0.2) is 12.5 Å². The van der Waals surface area contributed by atoms with Crippen molar-refractivity contribution in [3.05, 3.63) is 63.6 Å². The van der Waals surface area contributed by atoms with Crippen LogP contribution in [0, 0.1) is 0 Å². The minimum Gasteiger partial charge on any atom is -0.326 e. The number of hydrogen-bond donors (Lipinski definition) is 2. The van der Waals surface area contributed by atoms with Gasteiger partial charge in [-0.05, 0) is 53.9 Å². The molecule has 0 aromatic heterocycles. The first-order valence-electron chi connectivity index (χ1n) is 7.07. The summed E-state index contributed by atoms with van der Waals surface area (Å²) in [6.45, 7) is 1.91. The van der Waals surface area contributed by atoms with Crippen molar-refractivity contribution in [1.29, 1.82) is 0 Å². The van der Waals surface area contributed by atoms with Crippen LogP contribution in [0.1, 0.15) is 16.7 Å². The van der Waals surface area contributed by atoms with Crippen LogP contribution >= 0.6 is 15.9 Å². The van der Waals surface area contributed by atoms with Gasteiger partial charge in [-0.25, -0.2) is 0 Å². The molecule has 3 nitrogen and oxygen atoms in total. The molecule has 21 heavy (non-hydrogen) atoms. The van der Waals surface area contributed by atoms with E-state index in [4.69, 9.17) is 0 Å². The van der Waals surface area contributed by atoms with Crippen molar-refractivity contribution in [2.45, 2.75) is 19.4 Å². The molecule has 3 rings (SSSR count). The molecule has 0 aliphatic carbocycles. The van der Waals surface area contributed by atoms with Crippen LogP contribution < -0.4 is 10.6 Å². The Morgan fingerprint density at radius 1 is 1.14 bits per heavy atom. The highest BCUT2D eigenvalue weighted by Crippen LogP contribution is 2.19. The lowest BCUT2D eigenvalue weighted by atomic mass is 10.0. The van der Waals surface area contributed by atoms with E-state index in [9.17, 15) is 4.79 Å². The minimum atomic E-state index is 0.0149. The number of hydrogen-bond acceptors (Lipinski definition) is 2. The largest absolute Gasteiger partial charge is 0.326 e. The second kappa shape index (κ2) is 6.41. The van der Waals surface area contributed by atoms with Gasteiger partial charge in [0.15, 0.2) is 0 Å². The molecule has 2 N–H and O–H groups in total. The van der Waals surface area contributed by atoms with Crippen molar-refractivity contribution in [3.8, 4) is 0 Å². The number of carbonyl (C=O) groups is 1. The van der Waals surface area contributed by atoms with Crippen molar-refractivity contribution in [2.24, 2.45) is 0 Å². The van der Waals surface area contributed by atoms with Gasteiger partial charge in [0.05, 0.1) is 6.42 Å². The molecule has 0 spiro atoms. The van der Waals surface area contributed by atoms with Gasteiger partial charge >= 0.3 is 0 Å². The van der Waals surface area contributed by atoms with Gasteiger partial charge in [0.2, 0.25) is 5.91 Å². The van der Waals surface area contributed by atoms with E-state index in [0.29, 0.717) is 6.42 Å². The van der Waals surface area contributed by atoms with E-state index in [0.717, 1.165) is 35.2 Å². The van der Waals surface area contributed by atoms with E-state index in [-0.39, 0.29) is 5.91 Å². The summed E-state index contributed by atoms with van der Waals surface area (Å²) in [5.41, 5.74) is 4.54. The van der Waals surface area contributed by atoms with Crippen molar-refractivity contribution in [1.82, 2.24) is 5.32 Å². The summed E-state index contributed by atoms with van der Waals surface area (Å²) >= 11 is 3.39. The second-order valence-electron chi connectivity index (χ2n) is 5.26. The van der Waals surface area contributed by atoms with Gasteiger partial charge in [0.1, 0.15) is 0 Å². The molecule has 2 aromatic carbocycles. The maximum Gasteiger partial charge on any atom is 0.228 e. The average Bonchev–Trinajstić information content (AvgIpc) is 2.49. The number of amides is 1. The standard InChI is InChI=1S/C17H17BrN2O/c18-15-4-1-12(2-5-15)9-17(21)20-16-6-3-13-7-8-19-11-14(13)10-16/h1-6,10,19H,7-9,11H2,(H,20,21). The lowest BCUT2D eigenvalue weighted by Crippen LogP contribution is -2.24. The molecule has 108 valence electrons. The zero-order valence-electron chi connectivity index (χ0n) is 11.7. The van der Waals surface area contributed by atoms with Crippen LogP contribution in [0.25, 0.3) is 0 Å². The Morgan fingerprint density at radius 2 is 1.95 bits per heavy atom. The van der Waals surface area contributed by atoms with Crippen molar-refractivity contribution < 1.29 is 4.79 Å². The summed E-state index contributed by atoms with van der Waals surface area (Å²) in [5, 5.41) is 6.33. The lowest BCUT2D eigenvalue weighted by molar-refractivity contribution is -0.115. The van der Waals surface area contributed by atoms with Crippen LogP contribution in [0.2, 0.25) is 0 Å². The van der Waals surface area contributed by atoms with Crippen LogP contribution in [0.5, 0.6) is 0 Å². The van der Waals surface area contributed by atoms with E-state index >= 15 is 0 Å². The highest BCUT2D eigenvalue weighted by Gasteiger charge is 2.10. The van der Waals surface area contributed by atoms with Gasteiger partial charge < -0.3 is 10.6 Å². The van der Waals surface area contributed by atoms with E-state index < -0.39 is 0 Å². The highest BCUT2D eigenvalue weighted by atomic mass is 79.9. The fraction of sp³-hybridized carbons (Fsp3) is 0.235. The number of nitrogens with one attached hydrogen (secondary N) is 2. The molecule has 1 aliphatic heterocycles. The maximum atomic E-state index is 12.1. The first-order valence-corrected chi connectivity index (χ1v) is 7.87. The molecular formula is C17H17BrN2O. The number of halogens is 1. The third kappa shape index (κ3) is 3.71. The summed E-state index contributed by atoms with van der Waals surface area (Å²) in [5.74, 6) is 0.0149. The van der Waals surface area contributed by atoms with Gasteiger partial charge in [-0.15, -0.1) is 0 Å². The summed E-state index contributed by atoms with van der Waals surface area (Å²) in [4.78, 5) is 12.1. The zero-order chi connectivity index (χ0) is 14.7. The summed E-state index contributed by atoms with van der Waals surface area (Å²) < 4.78 is 1.02. The Bertz CT molecular complexity index is 652. The highest BCUT2D eigenvalue weighted by molar-refractivity contribution is 9.10. The fourth-order valence-corrected chi connectivity index (χ4v) is 2.82. The normalized spacial score (nSPS) is 13.6. The number of fused-ring (bicyclic) bond motifs is 1. The molecule has 4 heteroatoms. The minimum absolute atomic E-state index is 0.0149. The first kappa shape index (κ1) is 14.3. The maximum absolute atomic E-state index is 12.1. The Labute approximate surface area is 132 Å². The molecule has 1 heterocycles. The molecule has 0 radical (unpaired) electrons. The lowest BCUT2D eigenvalue weighted by Gasteiger charge is -2.18. The third-order valence-corrected chi connectivity index (χ3v) is 4.18. The van der Waals surface area contributed by atoms with Crippen LogP contribution in [0.15, 0.2) is 46.9 Å². The predicted octanol–water partition coefficient (Wildman–Crippen LogP) is 3.28. The first-order chi connectivity index (χ1) is 10.2. The molecule has 0 bridgehead atoms. The van der Waals surface area contributed by atoms with Crippen molar-refractivity contribution in [3.63, 3.8) is 0 Å². The number of rotatable bonds is 3. The topological polar surface area (TPSA) is 41.1 Å². The number of benzene rings is 2. The van der Waals surface area contributed by atoms with Gasteiger partial charge in [0.25, 0.3) is 0 Å². The Hall–Kier alpha value is -1.65. The zero-order valence-corrected chi connectivity index (χ0v) is 13.2. The monoisotopic (exact) mass is 344 g/mol. The average molecular weight is 345 g/mol. The Balaban J connectivity index is 1.65. The van der Waals surface area contributed by atoms with E-state index in [1.165, 1.54) is 11.1 Å². The van der Waals surface area contributed by atoms with Crippen LogP contribution in [0.3, 0.4) is 0 Å². The number of anilines is 1. The van der Waals surface area contributed by atoms with Crippen LogP contribution in [-0.2, 0) is 24.2 Å². The number of carbonyl (C=O) groups excluding carboxylic acids is 1. The molecule has 0 unspecified atom stereocenters. The van der Waals surface area contributed by atoms with Crippen molar-refractivity contribution >= 4 is 27.5 Å². The molecule has 0 fully saturated rings. The predicted molar refractivity (Wildman–Crippen MR) is 88.3 cm³/mol. The van der Waals surface area contributed by atoms with Gasteiger partial charge in [0, 0.05) is 16.7 Å². The third-order valence-electron chi connectivity index (χ3n) is 3.65. The molecule has 0 saturated heterocycles. The second-order valence-corrected chi connectivity index (χ2v) is 6.18. The quantitative estimate of drug-likeness (QED) is 0.897. The molecule has 0 atom stereocenters. The Kier molecular flexibility index (Phi) is 4.36. The smallest absolute Gasteiger partial charge is 0.228 e. The van der Waals surface area contributed by atoms with E-state index in [2.05, 4.69) is 38.7 Å². The summed E-state index contributed by atoms with van der Waals surface area (Å²) in [7, 11) is 0. The van der Waals surface area contributed by atoms with Crippen LogP contribution in [0.4, 0.5) is 5.69 Å². The molecule has 1 amide bonds. The molecular weight excluding hydrogens is 328 g/mol. The van der Waals surface area contributed by atoms with Gasteiger partial charge in [-0.3, -0.25) is 4.79 Å². The van der Waals surface area contributed by atoms with Gasteiger partial charge in [-0.1, -0.05) is 34.1 Å². The Morgan fingerprint density at radius 3 is 2.76 bits per heavy atom. The molecule has 0 saturated carbocycles. The summed E-state index contributed by atoms with van der Waals surface area (Å²) in [6.07, 6.45) is 1.45. The van der Waals surface area contributed by atoms with E-state index in [1.54, 1.807) is 0 Å². The fourth-order valence-electron chi connectivity index (χ4n) is 2.55. The SMILES string of the molecule is O=C(Cc1ccc(Br)cc1)Nc1ccc2c(c1)CNCC2. The molecule has 1 aliphatic rings. The van der Waals surface area contributed by atoms with E-state index in [1.807, 2.05) is 30.3 Å².